The van der Waals surface area contributed by atoms with Gasteiger partial charge in [0, 0.05) is 20.1 Å². The van der Waals surface area contributed by atoms with Gasteiger partial charge in [0.05, 0.1) is 18.1 Å². The van der Waals surface area contributed by atoms with Crippen LogP contribution in [0, 0.1) is 5.41 Å². The van der Waals surface area contributed by atoms with Crippen LogP contribution < -0.4 is 10.1 Å². The van der Waals surface area contributed by atoms with Crippen LogP contribution in [-0.4, -0.2) is 36.0 Å². The van der Waals surface area contributed by atoms with Gasteiger partial charge in [0.2, 0.25) is 11.3 Å². The molecule has 2 unspecified atom stereocenters. The molecule has 0 bridgehead atoms. The molecule has 0 amide bonds. The highest BCUT2D eigenvalue weighted by Gasteiger charge is 3.05. The molecule has 4 heterocycles. The molecule has 5 aliphatic rings. The van der Waals surface area contributed by atoms with Gasteiger partial charge in [0.25, 0.3) is 0 Å². The third kappa shape index (κ3) is 2.49. The number of alkyl halides is 3. The van der Waals surface area contributed by atoms with E-state index in [0.29, 0.717) is 25.6 Å². The van der Waals surface area contributed by atoms with Gasteiger partial charge in [-0.15, -0.1) is 0 Å². The quantitative estimate of drug-likeness (QED) is 0.275. The molecule has 4 aliphatic heterocycles. The fraction of sp³-hybridized carbons (Fsp3) is 0.333. The summed E-state index contributed by atoms with van der Waals surface area (Å²) in [5.74, 6) is -8.10. The summed E-state index contributed by atoms with van der Waals surface area (Å²) in [5.41, 5.74) is -5.43. The summed E-state index contributed by atoms with van der Waals surface area (Å²) in [4.78, 5) is 28.4. The van der Waals surface area contributed by atoms with Crippen molar-refractivity contribution in [1.29, 1.82) is 0 Å². The first kappa shape index (κ1) is 26.7. The summed E-state index contributed by atoms with van der Waals surface area (Å²) >= 11 is 6.84. The number of benzene rings is 3. The van der Waals surface area contributed by atoms with Crippen LogP contribution in [0.15, 0.2) is 75.7 Å². The third-order valence-corrected chi connectivity index (χ3v) is 10.6. The monoisotopic (exact) mass is 705 g/mol. The van der Waals surface area contributed by atoms with Crippen LogP contribution >= 0.6 is 31.9 Å². The van der Waals surface area contributed by atoms with Gasteiger partial charge in [-0.25, -0.2) is 9.59 Å². The second kappa shape index (κ2) is 7.96. The normalized spacial score (nSPS) is 36.4. The topological polar surface area (TPSA) is 83.1 Å². The lowest BCUT2D eigenvalue weighted by Gasteiger charge is -2.50. The van der Waals surface area contributed by atoms with Crippen LogP contribution in [-0.2, 0) is 41.4 Å². The Labute approximate surface area is 253 Å². The predicted molar refractivity (Wildman–Crippen MR) is 146 cm³/mol. The number of hydrogen-bond donors (Lipinski definition) is 1. The summed E-state index contributed by atoms with van der Waals surface area (Å²) < 4.78 is 72.9. The minimum absolute atomic E-state index is 0.0219. The van der Waals surface area contributed by atoms with Gasteiger partial charge >= 0.3 is 23.9 Å². The van der Waals surface area contributed by atoms with Crippen LogP contribution in [0.5, 0.6) is 5.75 Å². The largest absolute Gasteiger partial charge is 0.464 e. The maximum atomic E-state index is 16.0. The molecule has 8 rings (SSSR count). The predicted octanol–water partition coefficient (Wildman–Crippen LogP) is 5.73. The van der Waals surface area contributed by atoms with Gasteiger partial charge in [-0.05, 0) is 54.8 Å². The first-order valence-electron chi connectivity index (χ1n) is 13.2. The lowest BCUT2D eigenvalue weighted by atomic mass is 9.48. The average molecular weight is 707 g/mol. The molecular weight excluding hydrogens is 687 g/mol. The highest BCUT2D eigenvalue weighted by Crippen LogP contribution is 2.86. The molecule has 6 atom stereocenters. The molecule has 7 nitrogen and oxygen atoms in total. The molecule has 216 valence electrons. The van der Waals surface area contributed by atoms with Crippen molar-refractivity contribution in [2.24, 2.45) is 5.41 Å². The number of ether oxygens (including phenoxy) is 4. The van der Waals surface area contributed by atoms with Crippen molar-refractivity contribution in [3.8, 4) is 5.75 Å². The Balaban J connectivity index is 1.62. The Morgan fingerprint density at radius 1 is 1.05 bits per heavy atom. The first-order valence-corrected chi connectivity index (χ1v) is 14.8. The molecule has 1 aliphatic carbocycles. The standard InChI is InChI=1S/C30H20Br2F3NO6/c1-2-39-23(37)26-24(38)41-29(30(33,34)35)27(26,16-7-9-17(31)10-8-16)25-14-15-5-3-4-6-20(15)28(25,42-29)40-21-12-11-18(32)13-19(21)22(25)36-26/h3-13,22,36H,2,14H2,1H3/t22-,25+,26+,27?,28?,29-/m1/s1. The molecule has 3 fully saturated rings. The number of esters is 2. The van der Waals surface area contributed by atoms with E-state index in [4.69, 9.17) is 18.9 Å². The van der Waals surface area contributed by atoms with Gasteiger partial charge in [-0.3, -0.25) is 10.1 Å². The van der Waals surface area contributed by atoms with E-state index in [1.165, 1.54) is 19.1 Å². The van der Waals surface area contributed by atoms with Crippen molar-refractivity contribution in [2.75, 3.05) is 6.61 Å². The molecule has 0 saturated carbocycles. The molecule has 42 heavy (non-hydrogen) atoms. The van der Waals surface area contributed by atoms with E-state index in [1.54, 1.807) is 54.6 Å². The van der Waals surface area contributed by atoms with E-state index < -0.39 is 52.1 Å². The van der Waals surface area contributed by atoms with Crippen molar-refractivity contribution in [1.82, 2.24) is 5.32 Å². The summed E-state index contributed by atoms with van der Waals surface area (Å²) in [6.45, 7) is 1.34. The minimum atomic E-state index is -5.32. The molecule has 3 aromatic rings. The number of halogens is 5. The second-order valence-corrected chi connectivity index (χ2v) is 12.9. The van der Waals surface area contributed by atoms with Crippen LogP contribution in [0.4, 0.5) is 13.2 Å². The lowest BCUT2D eigenvalue weighted by molar-refractivity contribution is -0.398. The van der Waals surface area contributed by atoms with Crippen LogP contribution in [0.3, 0.4) is 0 Å². The maximum absolute atomic E-state index is 16.0. The molecule has 3 aromatic carbocycles. The van der Waals surface area contributed by atoms with Crippen molar-refractivity contribution in [3.05, 3.63) is 97.9 Å². The molecular formula is C30H20Br2F3NO6. The second-order valence-electron chi connectivity index (χ2n) is 11.1. The van der Waals surface area contributed by atoms with E-state index >= 15 is 13.2 Å². The van der Waals surface area contributed by atoms with Crippen molar-refractivity contribution in [2.45, 2.75) is 48.1 Å². The highest BCUT2D eigenvalue weighted by molar-refractivity contribution is 9.10. The Morgan fingerprint density at radius 2 is 1.76 bits per heavy atom. The molecule has 0 aromatic heterocycles. The molecule has 1 N–H and O–H groups in total. The first-order chi connectivity index (χ1) is 20.0. The van der Waals surface area contributed by atoms with E-state index in [9.17, 15) is 9.59 Å². The zero-order valence-corrected chi connectivity index (χ0v) is 24.9. The third-order valence-electron chi connectivity index (χ3n) is 9.61. The number of fused-ring (bicyclic) bond motifs is 3. The van der Waals surface area contributed by atoms with Crippen LogP contribution in [0.1, 0.15) is 35.2 Å². The zero-order valence-electron chi connectivity index (χ0n) is 21.7. The number of hydrogen-bond acceptors (Lipinski definition) is 7. The van der Waals surface area contributed by atoms with Gasteiger partial charge in [-0.2, -0.15) is 13.2 Å². The Kier molecular flexibility index (Phi) is 5.06. The van der Waals surface area contributed by atoms with Crippen molar-refractivity contribution >= 4 is 43.8 Å². The van der Waals surface area contributed by atoms with E-state index in [0.717, 1.165) is 0 Å². The Bertz CT molecular complexity index is 1730. The smallest absolute Gasteiger partial charge is 0.456 e. The fourth-order valence-corrected chi connectivity index (χ4v) is 9.18. The van der Waals surface area contributed by atoms with E-state index in [-0.39, 0.29) is 24.3 Å². The lowest BCUT2D eigenvalue weighted by Crippen LogP contribution is -2.71. The molecule has 12 heteroatoms. The maximum Gasteiger partial charge on any atom is 0.456 e. The summed E-state index contributed by atoms with van der Waals surface area (Å²) in [7, 11) is 0. The van der Waals surface area contributed by atoms with Crippen molar-refractivity contribution < 1.29 is 41.7 Å². The van der Waals surface area contributed by atoms with Crippen LogP contribution in [0.2, 0.25) is 0 Å². The number of carbonyl (C=O) groups excluding carboxylic acids is 2. The number of rotatable bonds is 3. The minimum Gasteiger partial charge on any atom is -0.464 e. The molecule has 3 saturated heterocycles. The SMILES string of the molecule is CCOC(=O)[C@]12N[C@@H]3c4cc(Br)ccc4OC45O[C@](C(F)(F)F)(OC1=O)C2(c1ccc(Br)cc1)[C@]34Cc1ccccc15. The number of nitrogens with one attached hydrogen (secondary N) is 1. The Hall–Kier alpha value is -2.93. The zero-order chi connectivity index (χ0) is 29.5. The van der Waals surface area contributed by atoms with Crippen LogP contribution in [0.25, 0.3) is 0 Å². The summed E-state index contributed by atoms with van der Waals surface area (Å²) in [6, 6.07) is 17.0. The average Bonchev–Trinajstić information content (AvgIpc) is 3.55. The molecule has 0 radical (unpaired) electrons. The van der Waals surface area contributed by atoms with Gasteiger partial charge in [0.15, 0.2) is 0 Å². The van der Waals surface area contributed by atoms with Gasteiger partial charge in [-0.1, -0.05) is 68.3 Å². The highest BCUT2D eigenvalue weighted by atomic mass is 79.9. The van der Waals surface area contributed by atoms with Gasteiger partial charge in [0.1, 0.15) is 11.2 Å². The number of carbonyl (C=O) groups is 2. The fourth-order valence-electron chi connectivity index (χ4n) is 8.53. The Morgan fingerprint density at radius 3 is 2.48 bits per heavy atom. The summed E-state index contributed by atoms with van der Waals surface area (Å²) in [5, 5.41) is 3.15. The van der Waals surface area contributed by atoms with E-state index in [1.807, 2.05) is 0 Å². The molecule has 1 spiro atoms. The van der Waals surface area contributed by atoms with Gasteiger partial charge < -0.3 is 14.2 Å². The van der Waals surface area contributed by atoms with Crippen molar-refractivity contribution in [3.63, 3.8) is 0 Å². The van der Waals surface area contributed by atoms with E-state index in [2.05, 4.69) is 37.2 Å². The summed E-state index contributed by atoms with van der Waals surface area (Å²) in [6.07, 6.45) is -5.35.